The van der Waals surface area contributed by atoms with Gasteiger partial charge in [-0.2, -0.15) is 0 Å². The highest BCUT2D eigenvalue weighted by Crippen LogP contribution is 2.26. The van der Waals surface area contributed by atoms with Crippen LogP contribution in [-0.2, 0) is 16.1 Å². The van der Waals surface area contributed by atoms with Gasteiger partial charge in [-0.25, -0.2) is 0 Å². The van der Waals surface area contributed by atoms with E-state index in [2.05, 4.69) is 0 Å². The van der Waals surface area contributed by atoms with E-state index < -0.39 is 13.2 Å². The van der Waals surface area contributed by atoms with Crippen molar-refractivity contribution in [3.8, 4) is 0 Å². The van der Waals surface area contributed by atoms with Crippen molar-refractivity contribution in [3.05, 3.63) is 59.2 Å². The molecule has 1 aliphatic rings. The second-order valence-corrected chi connectivity index (χ2v) is 6.63. The Morgan fingerprint density at radius 3 is 2.65 bits per heavy atom. The summed E-state index contributed by atoms with van der Waals surface area (Å²) in [6.45, 7) is 1.96. The summed E-state index contributed by atoms with van der Waals surface area (Å²) in [6.07, 6.45) is -0.764. The van der Waals surface area contributed by atoms with Crippen LogP contribution in [-0.4, -0.2) is 28.8 Å². The molecule has 0 aromatic heterocycles. The lowest BCUT2D eigenvalue weighted by Crippen LogP contribution is -2.28. The molecular formula is C17H17BO4S. The minimum absolute atomic E-state index is 0.137. The zero-order valence-corrected chi connectivity index (χ0v) is 13.5. The smallest absolute Gasteiger partial charge is 0.423 e. The minimum atomic E-state index is -0.914. The number of aliphatic hydroxyl groups is 1. The molecule has 1 unspecified atom stereocenters. The number of Topliss-reactive ketones (excluding diaryl/α,β-unsaturated/α-hetero) is 1. The van der Waals surface area contributed by atoms with Crippen molar-refractivity contribution < 1.29 is 19.6 Å². The van der Waals surface area contributed by atoms with E-state index in [1.54, 1.807) is 13.0 Å². The highest BCUT2D eigenvalue weighted by Gasteiger charge is 2.28. The molecule has 1 aliphatic heterocycles. The van der Waals surface area contributed by atoms with Gasteiger partial charge in [-0.05, 0) is 41.2 Å². The summed E-state index contributed by atoms with van der Waals surface area (Å²) in [5, 5.41) is 20.3. The average Bonchev–Trinajstić information content (AvgIpc) is 2.93. The van der Waals surface area contributed by atoms with Gasteiger partial charge in [0.2, 0.25) is 0 Å². The summed E-state index contributed by atoms with van der Waals surface area (Å²) in [4.78, 5) is 12.0. The summed E-state index contributed by atoms with van der Waals surface area (Å²) < 4.78 is 5.17. The summed E-state index contributed by atoms with van der Waals surface area (Å²) in [7, 11) is -0.914. The van der Waals surface area contributed by atoms with Gasteiger partial charge in [0.05, 0.1) is 12.4 Å². The molecule has 0 fully saturated rings. The van der Waals surface area contributed by atoms with E-state index in [1.165, 1.54) is 11.8 Å². The zero-order valence-electron chi connectivity index (χ0n) is 12.7. The van der Waals surface area contributed by atoms with Crippen molar-refractivity contribution in [1.29, 1.82) is 0 Å². The molecule has 0 saturated carbocycles. The standard InChI is InChI=1S/C17H17BO4S/c1-11(19)10-23-15-6-4-12(5-7-15)17(20)13-2-3-14-9-22-18(21)16(14)8-13/h2-8,17,20-21H,9-10H2,1H3. The Hall–Kier alpha value is -1.60. The molecule has 4 nitrogen and oxygen atoms in total. The van der Waals surface area contributed by atoms with Crippen LogP contribution in [0.3, 0.4) is 0 Å². The first kappa shape index (κ1) is 16.3. The third kappa shape index (κ3) is 3.67. The monoisotopic (exact) mass is 328 g/mol. The Bertz CT molecular complexity index is 717. The SMILES string of the molecule is CC(=O)CSc1ccc(C(O)c2ccc3c(c2)B(O)OC3)cc1. The van der Waals surface area contributed by atoms with Gasteiger partial charge in [0.1, 0.15) is 11.9 Å². The van der Waals surface area contributed by atoms with Crippen molar-refractivity contribution >= 4 is 30.1 Å². The molecule has 23 heavy (non-hydrogen) atoms. The third-order valence-corrected chi connectivity index (χ3v) is 4.94. The number of ketones is 1. The van der Waals surface area contributed by atoms with Crippen LogP contribution in [0.5, 0.6) is 0 Å². The topological polar surface area (TPSA) is 66.8 Å². The van der Waals surface area contributed by atoms with E-state index in [-0.39, 0.29) is 5.78 Å². The van der Waals surface area contributed by atoms with Gasteiger partial charge in [-0.1, -0.05) is 30.3 Å². The lowest BCUT2D eigenvalue weighted by molar-refractivity contribution is -0.114. The molecule has 1 heterocycles. The first-order chi connectivity index (χ1) is 11.0. The van der Waals surface area contributed by atoms with Crippen molar-refractivity contribution in [2.24, 2.45) is 0 Å². The molecule has 0 radical (unpaired) electrons. The number of aliphatic hydroxyl groups excluding tert-OH is 1. The van der Waals surface area contributed by atoms with Crippen molar-refractivity contribution in [3.63, 3.8) is 0 Å². The first-order valence-electron chi connectivity index (χ1n) is 7.37. The quantitative estimate of drug-likeness (QED) is 0.646. The van der Waals surface area contributed by atoms with Crippen LogP contribution in [0, 0.1) is 0 Å². The minimum Gasteiger partial charge on any atom is -0.423 e. The second kappa shape index (κ2) is 6.89. The number of hydrogen-bond donors (Lipinski definition) is 2. The molecule has 2 N–H and O–H groups in total. The van der Waals surface area contributed by atoms with E-state index >= 15 is 0 Å². The van der Waals surface area contributed by atoms with Crippen LogP contribution in [0.15, 0.2) is 47.4 Å². The Balaban J connectivity index is 1.76. The Morgan fingerprint density at radius 1 is 1.26 bits per heavy atom. The van der Waals surface area contributed by atoms with Crippen LogP contribution in [0.25, 0.3) is 0 Å². The highest BCUT2D eigenvalue weighted by atomic mass is 32.2. The molecule has 1 atom stereocenters. The molecule has 2 aromatic carbocycles. The lowest BCUT2D eigenvalue weighted by atomic mass is 9.78. The first-order valence-corrected chi connectivity index (χ1v) is 8.36. The molecule has 0 amide bonds. The van der Waals surface area contributed by atoms with E-state index in [0.29, 0.717) is 12.4 Å². The van der Waals surface area contributed by atoms with Gasteiger partial charge in [0, 0.05) is 4.90 Å². The second-order valence-electron chi connectivity index (χ2n) is 5.58. The van der Waals surface area contributed by atoms with Gasteiger partial charge in [0.25, 0.3) is 0 Å². The van der Waals surface area contributed by atoms with Crippen LogP contribution < -0.4 is 5.46 Å². The maximum atomic E-state index is 11.0. The van der Waals surface area contributed by atoms with Crippen LogP contribution >= 0.6 is 11.8 Å². The van der Waals surface area contributed by atoms with Gasteiger partial charge in [-0.15, -0.1) is 11.8 Å². The normalized spacial score (nSPS) is 14.7. The summed E-state index contributed by atoms with van der Waals surface area (Å²) in [6, 6.07) is 13.0. The van der Waals surface area contributed by atoms with Gasteiger partial charge < -0.3 is 14.8 Å². The largest absolute Gasteiger partial charge is 0.491 e. The number of thioether (sulfide) groups is 1. The molecule has 0 saturated heterocycles. The molecule has 118 valence electrons. The Labute approximate surface area is 139 Å². The zero-order chi connectivity index (χ0) is 16.4. The van der Waals surface area contributed by atoms with Crippen LogP contribution in [0.2, 0.25) is 0 Å². The summed E-state index contributed by atoms with van der Waals surface area (Å²) in [5.41, 5.74) is 3.16. The number of fused-ring (bicyclic) bond motifs is 1. The van der Waals surface area contributed by atoms with Crippen molar-refractivity contribution in [2.45, 2.75) is 24.5 Å². The molecular weight excluding hydrogens is 311 g/mol. The fraction of sp³-hybridized carbons (Fsp3) is 0.235. The van der Waals surface area contributed by atoms with E-state index in [4.69, 9.17) is 4.65 Å². The van der Waals surface area contributed by atoms with E-state index in [0.717, 1.165) is 27.0 Å². The van der Waals surface area contributed by atoms with Crippen molar-refractivity contribution in [1.82, 2.24) is 0 Å². The average molecular weight is 328 g/mol. The fourth-order valence-corrected chi connectivity index (χ4v) is 3.23. The van der Waals surface area contributed by atoms with E-state index in [1.807, 2.05) is 36.4 Å². The van der Waals surface area contributed by atoms with E-state index in [9.17, 15) is 14.9 Å². The third-order valence-electron chi connectivity index (χ3n) is 3.79. The summed E-state index contributed by atoms with van der Waals surface area (Å²) >= 11 is 1.48. The Kier molecular flexibility index (Phi) is 4.87. The maximum absolute atomic E-state index is 11.0. The van der Waals surface area contributed by atoms with Crippen LogP contribution in [0.1, 0.15) is 29.7 Å². The number of carbonyl (C=O) groups excluding carboxylic acids is 1. The number of rotatable bonds is 5. The maximum Gasteiger partial charge on any atom is 0.491 e. The predicted molar refractivity (Wildman–Crippen MR) is 90.7 cm³/mol. The van der Waals surface area contributed by atoms with Gasteiger partial charge in [0.15, 0.2) is 0 Å². The number of carbonyl (C=O) groups is 1. The molecule has 0 bridgehead atoms. The van der Waals surface area contributed by atoms with Gasteiger partial charge in [-0.3, -0.25) is 4.79 Å². The van der Waals surface area contributed by atoms with Crippen LogP contribution in [0.4, 0.5) is 0 Å². The molecule has 6 heteroatoms. The molecule has 0 aliphatic carbocycles. The molecule has 3 rings (SSSR count). The fourth-order valence-electron chi connectivity index (χ4n) is 2.53. The van der Waals surface area contributed by atoms with Gasteiger partial charge >= 0.3 is 7.12 Å². The summed E-state index contributed by atoms with van der Waals surface area (Å²) in [5.74, 6) is 0.586. The number of benzene rings is 2. The predicted octanol–water partition coefficient (Wildman–Crippen LogP) is 1.67. The highest BCUT2D eigenvalue weighted by molar-refractivity contribution is 8.00. The lowest BCUT2D eigenvalue weighted by Gasteiger charge is -2.13. The van der Waals surface area contributed by atoms with Crippen molar-refractivity contribution in [2.75, 3.05) is 5.75 Å². The number of hydrogen-bond acceptors (Lipinski definition) is 5. The Morgan fingerprint density at radius 2 is 1.96 bits per heavy atom. The molecule has 2 aromatic rings. The molecule has 0 spiro atoms.